The Hall–Kier alpha value is -1.10. The van der Waals surface area contributed by atoms with Gasteiger partial charge in [-0.2, -0.15) is 0 Å². The van der Waals surface area contributed by atoms with Crippen LogP contribution in [0.2, 0.25) is 0 Å². The summed E-state index contributed by atoms with van der Waals surface area (Å²) in [6, 6.07) is 0. The highest BCUT2D eigenvalue weighted by atomic mass is 16.5. The fourth-order valence-electron chi connectivity index (χ4n) is 1.65. The maximum absolute atomic E-state index is 11.9. The molecule has 0 amide bonds. The molecule has 16 heavy (non-hydrogen) atoms. The predicted octanol–water partition coefficient (Wildman–Crippen LogP) is 0.679. The Bertz CT molecular complexity index is 286. The first-order chi connectivity index (χ1) is 7.16. The summed E-state index contributed by atoms with van der Waals surface area (Å²) in [5.74, 6) is -0.915. The van der Waals surface area contributed by atoms with Crippen molar-refractivity contribution in [3.05, 3.63) is 0 Å². The van der Waals surface area contributed by atoms with Crippen LogP contribution in [0.15, 0.2) is 0 Å². The van der Waals surface area contributed by atoms with Gasteiger partial charge in [0.05, 0.1) is 19.6 Å². The molecule has 0 bridgehead atoms. The Morgan fingerprint density at radius 1 is 0.938 bits per heavy atom. The Labute approximate surface area is 96.7 Å². The number of hydrogen-bond donors (Lipinski definition) is 0. The molecule has 0 aromatic carbocycles. The summed E-state index contributed by atoms with van der Waals surface area (Å²) in [5.41, 5.74) is -2.08. The molecule has 0 heterocycles. The minimum atomic E-state index is -1.07. The molecule has 5 nitrogen and oxygen atoms in total. The number of methoxy groups -OCH3 is 2. The molecule has 0 aromatic rings. The van der Waals surface area contributed by atoms with Crippen LogP contribution in [0.5, 0.6) is 0 Å². The minimum Gasteiger partial charge on any atom is -0.469 e. The van der Waals surface area contributed by atoms with Gasteiger partial charge in [-0.1, -0.05) is 0 Å². The van der Waals surface area contributed by atoms with Crippen LogP contribution < -0.4 is 0 Å². The molecule has 0 saturated carbocycles. The van der Waals surface area contributed by atoms with Crippen LogP contribution in [0.25, 0.3) is 0 Å². The number of esters is 2. The van der Waals surface area contributed by atoms with E-state index < -0.39 is 22.9 Å². The van der Waals surface area contributed by atoms with Crippen LogP contribution in [0.4, 0.5) is 0 Å². The number of carbonyl (C=O) groups is 2. The van der Waals surface area contributed by atoms with E-state index in [-0.39, 0.29) is 0 Å². The maximum Gasteiger partial charge on any atom is 0.327 e. The van der Waals surface area contributed by atoms with Crippen molar-refractivity contribution in [2.45, 2.75) is 26.3 Å². The molecule has 0 radical (unpaired) electrons. The Balaban J connectivity index is 5.52. The molecule has 94 valence electrons. The van der Waals surface area contributed by atoms with Crippen molar-refractivity contribution in [1.29, 1.82) is 0 Å². The second-order valence-corrected chi connectivity index (χ2v) is 4.57. The molecule has 0 spiro atoms. The van der Waals surface area contributed by atoms with Crippen molar-refractivity contribution in [3.8, 4) is 0 Å². The van der Waals surface area contributed by atoms with E-state index in [1.54, 1.807) is 39.8 Å². The molecular formula is C11H21NO4. The highest BCUT2D eigenvalue weighted by molar-refractivity contribution is 5.90. The quantitative estimate of drug-likeness (QED) is 0.666. The molecule has 5 heteroatoms. The van der Waals surface area contributed by atoms with Gasteiger partial charge in [0.1, 0.15) is 5.54 Å². The smallest absolute Gasteiger partial charge is 0.327 e. The van der Waals surface area contributed by atoms with Gasteiger partial charge in [0.25, 0.3) is 0 Å². The zero-order valence-corrected chi connectivity index (χ0v) is 11.1. The molecule has 1 atom stereocenters. The van der Waals surface area contributed by atoms with Crippen molar-refractivity contribution in [1.82, 2.24) is 4.90 Å². The van der Waals surface area contributed by atoms with E-state index in [4.69, 9.17) is 9.47 Å². The van der Waals surface area contributed by atoms with Crippen molar-refractivity contribution in [3.63, 3.8) is 0 Å². The fraction of sp³-hybridized carbons (Fsp3) is 0.818. The zero-order chi connectivity index (χ0) is 13.1. The molecular weight excluding hydrogens is 210 g/mol. The summed E-state index contributed by atoms with van der Waals surface area (Å²) in [4.78, 5) is 25.3. The first-order valence-electron chi connectivity index (χ1n) is 5.00. The largest absolute Gasteiger partial charge is 0.469 e. The molecule has 0 aliphatic heterocycles. The SMILES string of the molecule is COC(=O)C(C)(C)C(C)(C(=O)OC)N(C)C. The number of rotatable bonds is 4. The summed E-state index contributed by atoms with van der Waals surface area (Å²) in [7, 11) is 6.05. The third-order valence-electron chi connectivity index (χ3n) is 3.39. The van der Waals surface area contributed by atoms with Gasteiger partial charge in [-0.25, -0.2) is 0 Å². The number of hydrogen-bond acceptors (Lipinski definition) is 5. The maximum atomic E-state index is 11.9. The fourth-order valence-corrected chi connectivity index (χ4v) is 1.65. The Kier molecular flexibility index (Phi) is 4.49. The lowest BCUT2D eigenvalue weighted by molar-refractivity contribution is -0.174. The summed E-state index contributed by atoms with van der Waals surface area (Å²) in [6.07, 6.45) is 0. The van der Waals surface area contributed by atoms with Crippen molar-refractivity contribution in [2.75, 3.05) is 28.3 Å². The van der Waals surface area contributed by atoms with Crippen molar-refractivity contribution >= 4 is 11.9 Å². The number of ether oxygens (including phenoxy) is 2. The van der Waals surface area contributed by atoms with Gasteiger partial charge >= 0.3 is 11.9 Å². The van der Waals surface area contributed by atoms with E-state index in [2.05, 4.69) is 0 Å². The predicted molar refractivity (Wildman–Crippen MR) is 59.9 cm³/mol. The molecule has 0 saturated heterocycles. The molecule has 0 rings (SSSR count). The molecule has 0 aliphatic carbocycles. The normalized spacial score (nSPS) is 15.5. The van der Waals surface area contributed by atoms with E-state index in [9.17, 15) is 9.59 Å². The lowest BCUT2D eigenvalue weighted by atomic mass is 9.72. The molecule has 1 unspecified atom stereocenters. The lowest BCUT2D eigenvalue weighted by Crippen LogP contribution is -2.62. The molecule has 0 aromatic heterocycles. The third-order valence-corrected chi connectivity index (χ3v) is 3.39. The summed E-state index contributed by atoms with van der Waals surface area (Å²) >= 11 is 0. The molecule has 0 fully saturated rings. The third kappa shape index (κ3) is 2.04. The average Bonchev–Trinajstić information content (AvgIpc) is 2.24. The first-order valence-corrected chi connectivity index (χ1v) is 5.00. The van der Waals surface area contributed by atoms with Crippen molar-refractivity contribution < 1.29 is 19.1 Å². The second kappa shape index (κ2) is 4.82. The minimum absolute atomic E-state index is 0.450. The molecule has 0 N–H and O–H groups in total. The van der Waals surface area contributed by atoms with Gasteiger partial charge in [0, 0.05) is 0 Å². The van der Waals surface area contributed by atoms with Gasteiger partial charge in [0.15, 0.2) is 0 Å². The van der Waals surface area contributed by atoms with E-state index in [0.717, 1.165) is 0 Å². The van der Waals surface area contributed by atoms with Gasteiger partial charge in [0.2, 0.25) is 0 Å². The highest BCUT2D eigenvalue weighted by Crippen LogP contribution is 2.36. The van der Waals surface area contributed by atoms with Crippen LogP contribution in [0.3, 0.4) is 0 Å². The summed E-state index contributed by atoms with van der Waals surface area (Å²) in [6.45, 7) is 4.99. The topological polar surface area (TPSA) is 55.8 Å². The first kappa shape index (κ1) is 14.9. The summed E-state index contributed by atoms with van der Waals surface area (Å²) < 4.78 is 9.50. The van der Waals surface area contributed by atoms with E-state index in [1.165, 1.54) is 14.2 Å². The van der Waals surface area contributed by atoms with Gasteiger partial charge in [-0.05, 0) is 34.9 Å². The average molecular weight is 231 g/mol. The number of nitrogens with zero attached hydrogens (tertiary/aromatic N) is 1. The van der Waals surface area contributed by atoms with Gasteiger partial charge in [-0.15, -0.1) is 0 Å². The Morgan fingerprint density at radius 3 is 1.56 bits per heavy atom. The lowest BCUT2D eigenvalue weighted by Gasteiger charge is -2.43. The number of likely N-dealkylation sites (N-methyl/N-ethyl adjacent to an activating group) is 1. The van der Waals surface area contributed by atoms with Crippen LogP contribution in [0, 0.1) is 5.41 Å². The van der Waals surface area contributed by atoms with Crippen LogP contribution >= 0.6 is 0 Å². The second-order valence-electron chi connectivity index (χ2n) is 4.57. The standard InChI is InChI=1S/C11H21NO4/c1-10(2,8(13)15-6)11(3,12(4)5)9(14)16-7/h1-7H3. The van der Waals surface area contributed by atoms with Gasteiger partial charge in [-0.3, -0.25) is 14.5 Å². The summed E-state index contributed by atoms with van der Waals surface area (Å²) in [5, 5.41) is 0. The Morgan fingerprint density at radius 2 is 1.31 bits per heavy atom. The number of carbonyl (C=O) groups excluding carboxylic acids is 2. The van der Waals surface area contributed by atoms with Crippen molar-refractivity contribution in [2.24, 2.45) is 5.41 Å². The van der Waals surface area contributed by atoms with Gasteiger partial charge < -0.3 is 9.47 Å². The van der Waals surface area contributed by atoms with Crippen LogP contribution in [-0.2, 0) is 19.1 Å². The van der Waals surface area contributed by atoms with E-state index in [1.807, 2.05) is 0 Å². The monoisotopic (exact) mass is 231 g/mol. The van der Waals surface area contributed by atoms with E-state index >= 15 is 0 Å². The van der Waals surface area contributed by atoms with Crippen LogP contribution in [0.1, 0.15) is 20.8 Å². The van der Waals surface area contributed by atoms with Crippen LogP contribution in [-0.4, -0.2) is 50.7 Å². The highest BCUT2D eigenvalue weighted by Gasteiger charge is 2.55. The zero-order valence-electron chi connectivity index (χ0n) is 11.1. The van der Waals surface area contributed by atoms with E-state index in [0.29, 0.717) is 0 Å². The molecule has 0 aliphatic rings.